The minimum Gasteiger partial charge on any atom is -0.482 e. The zero-order valence-corrected chi connectivity index (χ0v) is 13.9. The first kappa shape index (κ1) is 13.4. The van der Waals surface area contributed by atoms with E-state index in [2.05, 4.69) is 40.3 Å². The smallest absolute Gasteiger partial charge is 0.179 e. The van der Waals surface area contributed by atoms with E-state index in [1.165, 1.54) is 11.1 Å². The van der Waals surface area contributed by atoms with Crippen molar-refractivity contribution in [1.29, 1.82) is 0 Å². The first-order valence-corrected chi connectivity index (χ1v) is 8.50. The molecule has 5 heteroatoms. The second-order valence-electron chi connectivity index (χ2n) is 6.99. The summed E-state index contributed by atoms with van der Waals surface area (Å²) in [6, 6.07) is 4.61. The Hall–Kier alpha value is -1.04. The van der Waals surface area contributed by atoms with Crippen LogP contribution in [-0.2, 0) is 11.8 Å². The molecule has 1 aromatic carbocycles. The van der Waals surface area contributed by atoms with E-state index in [1.807, 2.05) is 12.1 Å². The van der Waals surface area contributed by atoms with Crippen LogP contribution in [0.4, 0.5) is 0 Å². The summed E-state index contributed by atoms with van der Waals surface area (Å²) in [6.07, 6.45) is 5.45. The molecule has 5 rings (SSSR count). The summed E-state index contributed by atoms with van der Waals surface area (Å²) >= 11 is 3.09. The number of benzene rings is 1. The Morgan fingerprint density at radius 1 is 1.41 bits per heavy atom. The molecule has 22 heavy (non-hydrogen) atoms. The molecular formula is C17H18BrNO3. The fourth-order valence-electron chi connectivity index (χ4n) is 5.29. The number of likely N-dealkylation sites (N-methyl/N-ethyl adjacent to an activating group) is 1. The monoisotopic (exact) mass is 363 g/mol. The van der Waals surface area contributed by atoms with Crippen LogP contribution in [0, 0.1) is 5.92 Å². The van der Waals surface area contributed by atoms with Crippen LogP contribution in [0.3, 0.4) is 0 Å². The van der Waals surface area contributed by atoms with Crippen LogP contribution >= 0.6 is 16.3 Å². The minimum atomic E-state index is -0.554. The van der Waals surface area contributed by atoms with Gasteiger partial charge in [-0.15, -0.1) is 0 Å². The van der Waals surface area contributed by atoms with Crippen LogP contribution in [0.25, 0.3) is 0 Å². The number of hydrogen-bond acceptors (Lipinski definition) is 4. The maximum Gasteiger partial charge on any atom is 0.179 e. The third-order valence-corrected chi connectivity index (χ3v) is 6.57. The molecule has 1 N–H and O–H groups in total. The van der Waals surface area contributed by atoms with Crippen molar-refractivity contribution in [3.63, 3.8) is 0 Å². The molecule has 1 saturated heterocycles. The molecule has 2 aliphatic carbocycles. The number of nitrogens with zero attached hydrogens (tertiary/aromatic N) is 1. The molecule has 0 amide bonds. The molecule has 1 fully saturated rings. The molecule has 0 saturated carbocycles. The van der Waals surface area contributed by atoms with Crippen LogP contribution < -0.4 is 8.57 Å². The van der Waals surface area contributed by atoms with Gasteiger partial charge >= 0.3 is 0 Å². The highest BCUT2D eigenvalue weighted by Gasteiger charge is 2.64. The number of rotatable bonds is 1. The number of piperidine rings is 1. The second kappa shape index (κ2) is 4.28. The molecule has 2 bridgehead atoms. The molecular weight excluding hydrogens is 346 g/mol. The maximum absolute atomic E-state index is 10.5. The largest absolute Gasteiger partial charge is 0.482 e. The highest BCUT2D eigenvalue weighted by molar-refractivity contribution is 9.06. The molecule has 1 spiro atoms. The van der Waals surface area contributed by atoms with Crippen molar-refractivity contribution in [3.8, 4) is 11.5 Å². The summed E-state index contributed by atoms with van der Waals surface area (Å²) in [7, 11) is 2.21. The number of likely N-dealkylation sites (tertiary alicyclic amines) is 1. The van der Waals surface area contributed by atoms with Crippen LogP contribution in [0.5, 0.6) is 11.5 Å². The molecule has 0 radical (unpaired) electrons. The van der Waals surface area contributed by atoms with E-state index in [0.717, 1.165) is 25.1 Å². The Morgan fingerprint density at radius 3 is 3.09 bits per heavy atom. The first-order chi connectivity index (χ1) is 10.7. The SMILES string of the molecule is CN1CC[C@]23c4c5ccc(OBr)c4O[C@H]2[C@@H](O)C=C[C@H]3[C@H]1C5. The van der Waals surface area contributed by atoms with Gasteiger partial charge in [0.1, 0.15) is 12.2 Å². The van der Waals surface area contributed by atoms with E-state index in [4.69, 9.17) is 8.57 Å². The van der Waals surface area contributed by atoms with E-state index in [0.29, 0.717) is 17.7 Å². The summed E-state index contributed by atoms with van der Waals surface area (Å²) in [5.74, 6) is 1.94. The Labute approximate surface area is 138 Å². The average molecular weight is 364 g/mol. The van der Waals surface area contributed by atoms with E-state index in [1.54, 1.807) is 0 Å². The van der Waals surface area contributed by atoms with Gasteiger partial charge in [-0.05, 0) is 38.1 Å². The lowest BCUT2D eigenvalue weighted by Gasteiger charge is -2.56. The third-order valence-electron chi connectivity index (χ3n) is 6.22. The van der Waals surface area contributed by atoms with Gasteiger partial charge in [-0.25, -0.2) is 0 Å². The third kappa shape index (κ3) is 1.36. The molecule has 0 unspecified atom stereocenters. The van der Waals surface area contributed by atoms with Gasteiger partial charge in [0.25, 0.3) is 0 Å². The molecule has 2 heterocycles. The van der Waals surface area contributed by atoms with Gasteiger partial charge in [0.2, 0.25) is 0 Å². The van der Waals surface area contributed by atoms with Crippen molar-refractivity contribution in [2.24, 2.45) is 5.92 Å². The minimum absolute atomic E-state index is 0.101. The molecule has 116 valence electrons. The topological polar surface area (TPSA) is 41.9 Å². The Kier molecular flexibility index (Phi) is 2.61. The zero-order chi connectivity index (χ0) is 15.1. The molecule has 4 nitrogen and oxygen atoms in total. The highest BCUT2D eigenvalue weighted by atomic mass is 79.9. The zero-order valence-electron chi connectivity index (χ0n) is 12.3. The Morgan fingerprint density at radius 2 is 2.27 bits per heavy atom. The Bertz CT molecular complexity index is 691. The van der Waals surface area contributed by atoms with Crippen molar-refractivity contribution in [3.05, 3.63) is 35.4 Å². The molecule has 0 aromatic heterocycles. The van der Waals surface area contributed by atoms with Crippen LogP contribution in [0.15, 0.2) is 24.3 Å². The van der Waals surface area contributed by atoms with Crippen LogP contribution in [0.2, 0.25) is 0 Å². The standard InChI is InChI=1S/C17H18BrNO3/c1-19-7-6-17-10-3-4-12(20)16(17)21-15-13(22-18)5-2-9(14(15)17)8-11(10)19/h2-5,10-12,16,20H,6-8H2,1H3/t10-,11+,12-,16-,17-/m0/s1. The van der Waals surface area contributed by atoms with E-state index < -0.39 is 6.10 Å². The summed E-state index contributed by atoms with van der Waals surface area (Å²) < 4.78 is 11.6. The van der Waals surface area contributed by atoms with Crippen LogP contribution in [-0.4, -0.2) is 41.8 Å². The fourth-order valence-corrected chi connectivity index (χ4v) is 5.54. The molecule has 1 aromatic rings. The molecule has 4 aliphatic rings. The number of aliphatic hydroxyl groups is 1. The van der Waals surface area contributed by atoms with Gasteiger partial charge in [0.15, 0.2) is 27.8 Å². The Balaban J connectivity index is 1.82. The summed E-state index contributed by atoms with van der Waals surface area (Å²) in [4.78, 5) is 2.46. The summed E-state index contributed by atoms with van der Waals surface area (Å²) in [5, 5.41) is 10.5. The van der Waals surface area contributed by atoms with Crippen molar-refractivity contribution < 1.29 is 13.7 Å². The normalized spacial score (nSPS) is 41.0. The molecule has 5 atom stereocenters. The lowest BCUT2D eigenvalue weighted by molar-refractivity contribution is -0.0452. The first-order valence-electron chi connectivity index (χ1n) is 7.85. The van der Waals surface area contributed by atoms with E-state index in [9.17, 15) is 5.11 Å². The van der Waals surface area contributed by atoms with Gasteiger partial charge in [-0.1, -0.05) is 18.2 Å². The number of aliphatic hydroxyl groups excluding tert-OH is 1. The van der Waals surface area contributed by atoms with Gasteiger partial charge in [-0.2, -0.15) is 0 Å². The molecule has 2 aliphatic heterocycles. The highest BCUT2D eigenvalue weighted by Crippen LogP contribution is 2.62. The van der Waals surface area contributed by atoms with Crippen molar-refractivity contribution >= 4 is 16.3 Å². The van der Waals surface area contributed by atoms with Crippen LogP contribution in [0.1, 0.15) is 17.5 Å². The lowest BCUT2D eigenvalue weighted by Crippen LogP contribution is -2.64. The number of ether oxygens (including phenoxy) is 1. The van der Waals surface area contributed by atoms with E-state index >= 15 is 0 Å². The predicted octanol–water partition coefficient (Wildman–Crippen LogP) is 2.18. The fraction of sp³-hybridized carbons (Fsp3) is 0.529. The number of halogens is 1. The summed E-state index contributed by atoms with van der Waals surface area (Å²) in [5.41, 5.74) is 2.53. The number of hydrogen-bond donors (Lipinski definition) is 1. The van der Waals surface area contributed by atoms with Gasteiger partial charge < -0.3 is 18.6 Å². The predicted molar refractivity (Wildman–Crippen MR) is 85.5 cm³/mol. The average Bonchev–Trinajstić information content (AvgIpc) is 2.88. The van der Waals surface area contributed by atoms with Gasteiger partial charge in [0.05, 0.1) is 0 Å². The van der Waals surface area contributed by atoms with Crippen molar-refractivity contribution in [1.82, 2.24) is 4.90 Å². The second-order valence-corrected chi connectivity index (χ2v) is 7.31. The van der Waals surface area contributed by atoms with E-state index in [-0.39, 0.29) is 11.5 Å². The van der Waals surface area contributed by atoms with Gasteiger partial charge in [-0.3, -0.25) is 0 Å². The van der Waals surface area contributed by atoms with Gasteiger partial charge in [0, 0.05) is 22.9 Å². The summed E-state index contributed by atoms with van der Waals surface area (Å²) in [6.45, 7) is 1.04. The van der Waals surface area contributed by atoms with Crippen molar-refractivity contribution in [2.75, 3.05) is 13.6 Å². The maximum atomic E-state index is 10.5. The lowest BCUT2D eigenvalue weighted by atomic mass is 9.53. The quantitative estimate of drug-likeness (QED) is 0.776. The van der Waals surface area contributed by atoms with Crippen molar-refractivity contribution in [2.45, 2.75) is 36.5 Å².